The first-order chi connectivity index (χ1) is 17.7. The lowest BCUT2D eigenvalue weighted by Crippen LogP contribution is -2.15. The molecule has 4 aromatic carbocycles. The summed E-state index contributed by atoms with van der Waals surface area (Å²) in [4.78, 5) is 32.1. The van der Waals surface area contributed by atoms with Gasteiger partial charge in [0.15, 0.2) is 11.6 Å². The molecular weight excluding hydrogens is 564 g/mol. The van der Waals surface area contributed by atoms with Crippen LogP contribution in [0.25, 0.3) is 0 Å². The van der Waals surface area contributed by atoms with Crippen LogP contribution in [-0.2, 0) is 0 Å². The number of para-hydroxylation sites is 1. The van der Waals surface area contributed by atoms with Gasteiger partial charge in [0.1, 0.15) is 0 Å². The third-order valence-electron chi connectivity index (χ3n) is 6.40. The minimum absolute atomic E-state index is 0.0998. The average molecular weight is 590 g/mol. The molecule has 6 rings (SSSR count). The van der Waals surface area contributed by atoms with E-state index < -0.39 is 0 Å². The van der Waals surface area contributed by atoms with Crippen LogP contribution in [0.2, 0.25) is 0 Å². The minimum atomic E-state index is 0.0998. The number of carbonyl (C=O) groups excluding carboxylic acids is 2. The quantitative estimate of drug-likeness (QED) is 0.217. The number of ketones is 2. The number of hydrogen-bond acceptors (Lipinski definition) is 6. The minimum Gasteiger partial charge on any atom is -0.343 e. The summed E-state index contributed by atoms with van der Waals surface area (Å²) in [6.45, 7) is 3.20. The largest absolute Gasteiger partial charge is 0.343 e. The molecule has 0 saturated carbocycles. The molecule has 4 aromatic rings. The van der Waals surface area contributed by atoms with Gasteiger partial charge in [-0.05, 0) is 68.4 Å². The van der Waals surface area contributed by atoms with Crippen LogP contribution < -0.4 is 9.80 Å². The molecule has 2 aliphatic rings. The van der Waals surface area contributed by atoms with Gasteiger partial charge in [-0.15, -0.1) is 0 Å². The van der Waals surface area contributed by atoms with Crippen molar-refractivity contribution in [1.82, 2.24) is 0 Å². The highest BCUT2D eigenvalue weighted by atomic mass is 79.9. The molecule has 0 unspecified atom stereocenters. The van der Waals surface area contributed by atoms with Crippen molar-refractivity contribution in [3.05, 3.63) is 94.5 Å². The van der Waals surface area contributed by atoms with Gasteiger partial charge in [-0.3, -0.25) is 9.59 Å². The molecule has 2 aliphatic heterocycles. The maximum atomic E-state index is 11.5. The second-order valence-corrected chi connectivity index (χ2v) is 12.0. The molecular formula is C30H25BrN2O2S2. The molecule has 0 fully saturated rings. The van der Waals surface area contributed by atoms with Gasteiger partial charge >= 0.3 is 0 Å². The van der Waals surface area contributed by atoms with Crippen LogP contribution in [0, 0.1) is 0 Å². The summed E-state index contributed by atoms with van der Waals surface area (Å²) in [5, 5.41) is 0. The van der Waals surface area contributed by atoms with Crippen LogP contribution in [0.5, 0.6) is 0 Å². The third kappa shape index (κ3) is 5.08. The van der Waals surface area contributed by atoms with Gasteiger partial charge in [0, 0.05) is 49.3 Å². The van der Waals surface area contributed by atoms with Crippen LogP contribution in [0.3, 0.4) is 0 Å². The number of benzene rings is 4. The van der Waals surface area contributed by atoms with Gasteiger partial charge < -0.3 is 9.80 Å². The fourth-order valence-electron chi connectivity index (χ4n) is 4.33. The van der Waals surface area contributed by atoms with Crippen LogP contribution in [0.4, 0.5) is 22.7 Å². The Morgan fingerprint density at radius 1 is 0.595 bits per heavy atom. The smallest absolute Gasteiger partial charge is 0.159 e. The fourth-order valence-corrected chi connectivity index (χ4v) is 7.14. The molecule has 0 atom stereocenters. The van der Waals surface area contributed by atoms with Crippen molar-refractivity contribution in [2.45, 2.75) is 33.4 Å². The van der Waals surface area contributed by atoms with Crippen molar-refractivity contribution in [2.75, 3.05) is 23.9 Å². The van der Waals surface area contributed by atoms with Gasteiger partial charge in [-0.25, -0.2) is 0 Å². The van der Waals surface area contributed by atoms with E-state index in [0.29, 0.717) is 0 Å². The van der Waals surface area contributed by atoms with Gasteiger partial charge in [-0.2, -0.15) is 0 Å². The van der Waals surface area contributed by atoms with Crippen LogP contribution in [-0.4, -0.2) is 25.7 Å². The standard InChI is InChI=1S/C15H12BrNOS.C15H13NOS/c1-9(18)10-3-6-14-13(7-10)17(2)12-5-4-11(16)8-15(12)19-14;1-10(17)11-7-8-15-13(9-11)16(2)12-5-3-4-6-14(12)18-15/h3-8H,1-2H3;3-9H,1-2H3. The SMILES string of the molecule is CC(=O)c1ccc2c(c1)N(C)c1ccc(Br)cc1S2.CC(=O)c1ccc2c(c1)N(C)c1ccccc1S2. The Bertz CT molecular complexity index is 1550. The second-order valence-electron chi connectivity index (χ2n) is 8.88. The van der Waals surface area contributed by atoms with Crippen LogP contribution in [0.15, 0.2) is 103 Å². The predicted octanol–water partition coefficient (Wildman–Crippen LogP) is 9.01. The van der Waals surface area contributed by atoms with Crippen molar-refractivity contribution in [3.8, 4) is 0 Å². The number of rotatable bonds is 2. The average Bonchev–Trinajstić information content (AvgIpc) is 2.89. The van der Waals surface area contributed by atoms with E-state index >= 15 is 0 Å². The molecule has 0 spiro atoms. The zero-order valence-electron chi connectivity index (χ0n) is 20.9. The lowest BCUT2D eigenvalue weighted by atomic mass is 10.1. The molecule has 0 N–H and O–H groups in total. The van der Waals surface area contributed by atoms with E-state index in [1.54, 1.807) is 37.4 Å². The molecule has 0 radical (unpaired) electrons. The lowest BCUT2D eigenvalue weighted by Gasteiger charge is -2.29. The number of anilines is 4. The second kappa shape index (κ2) is 10.4. The Labute approximate surface area is 234 Å². The van der Waals surface area contributed by atoms with Crippen molar-refractivity contribution < 1.29 is 9.59 Å². The zero-order valence-corrected chi connectivity index (χ0v) is 24.1. The lowest BCUT2D eigenvalue weighted by molar-refractivity contribution is 0.100. The predicted molar refractivity (Wildman–Crippen MR) is 158 cm³/mol. The summed E-state index contributed by atoms with van der Waals surface area (Å²) in [5.74, 6) is 0.206. The van der Waals surface area contributed by atoms with Gasteiger partial charge in [-0.1, -0.05) is 63.7 Å². The molecule has 0 aromatic heterocycles. The molecule has 37 heavy (non-hydrogen) atoms. The van der Waals surface area contributed by atoms with Gasteiger partial charge in [0.2, 0.25) is 0 Å². The molecule has 4 nitrogen and oxygen atoms in total. The first-order valence-electron chi connectivity index (χ1n) is 11.7. The number of fused-ring (bicyclic) bond motifs is 4. The molecule has 0 saturated heterocycles. The molecule has 0 amide bonds. The summed E-state index contributed by atoms with van der Waals surface area (Å²) in [7, 11) is 4.08. The van der Waals surface area contributed by atoms with E-state index in [2.05, 4.69) is 56.1 Å². The van der Waals surface area contributed by atoms with Crippen molar-refractivity contribution in [2.24, 2.45) is 0 Å². The number of Topliss-reactive ketones (excluding diaryl/α,β-unsaturated/α-hetero) is 2. The zero-order chi connectivity index (χ0) is 26.3. The van der Waals surface area contributed by atoms with E-state index in [-0.39, 0.29) is 11.6 Å². The highest BCUT2D eigenvalue weighted by Gasteiger charge is 2.22. The van der Waals surface area contributed by atoms with E-state index in [0.717, 1.165) is 27.0 Å². The molecule has 186 valence electrons. The maximum Gasteiger partial charge on any atom is 0.159 e. The number of carbonyl (C=O) groups is 2. The van der Waals surface area contributed by atoms with Crippen LogP contribution >= 0.6 is 39.5 Å². The maximum absolute atomic E-state index is 11.5. The molecule has 2 heterocycles. The Kier molecular flexibility index (Phi) is 7.21. The summed E-state index contributed by atoms with van der Waals surface area (Å²) in [6, 6.07) is 26.4. The summed E-state index contributed by atoms with van der Waals surface area (Å²) in [5.41, 5.74) is 6.07. The van der Waals surface area contributed by atoms with Crippen molar-refractivity contribution in [3.63, 3.8) is 0 Å². The monoisotopic (exact) mass is 588 g/mol. The van der Waals surface area contributed by atoms with Gasteiger partial charge in [0.25, 0.3) is 0 Å². The normalized spacial score (nSPS) is 12.9. The highest BCUT2D eigenvalue weighted by molar-refractivity contribution is 9.10. The number of halogens is 1. The Morgan fingerprint density at radius 2 is 1.08 bits per heavy atom. The van der Waals surface area contributed by atoms with Crippen molar-refractivity contribution >= 4 is 73.8 Å². The van der Waals surface area contributed by atoms with Gasteiger partial charge in [0.05, 0.1) is 22.7 Å². The first kappa shape index (κ1) is 25.6. The number of nitrogens with zero attached hydrogens (tertiary/aromatic N) is 2. The number of hydrogen-bond donors (Lipinski definition) is 0. The van der Waals surface area contributed by atoms with Crippen LogP contribution in [0.1, 0.15) is 34.6 Å². The Balaban J connectivity index is 0.000000152. The highest BCUT2D eigenvalue weighted by Crippen LogP contribution is 2.49. The van der Waals surface area contributed by atoms with E-state index in [4.69, 9.17) is 0 Å². The van der Waals surface area contributed by atoms with Crippen molar-refractivity contribution in [1.29, 1.82) is 0 Å². The summed E-state index contributed by atoms with van der Waals surface area (Å²) < 4.78 is 1.08. The Morgan fingerprint density at radius 3 is 1.65 bits per heavy atom. The van der Waals surface area contributed by atoms with E-state index in [1.165, 1.54) is 31.0 Å². The molecule has 7 heteroatoms. The molecule has 0 bridgehead atoms. The third-order valence-corrected chi connectivity index (χ3v) is 9.14. The van der Waals surface area contributed by atoms with E-state index in [1.807, 2.05) is 62.6 Å². The van der Waals surface area contributed by atoms with E-state index in [9.17, 15) is 9.59 Å². The summed E-state index contributed by atoms with van der Waals surface area (Å²) >= 11 is 7.00. The fraction of sp³-hybridized carbons (Fsp3) is 0.133. The first-order valence-corrected chi connectivity index (χ1v) is 14.2. The topological polar surface area (TPSA) is 40.6 Å². The molecule has 0 aliphatic carbocycles. The Hall–Kier alpha value is -3.00. The summed E-state index contributed by atoms with van der Waals surface area (Å²) in [6.07, 6.45) is 0.